The summed E-state index contributed by atoms with van der Waals surface area (Å²) in [4.78, 5) is 0. The van der Waals surface area contributed by atoms with Crippen molar-refractivity contribution in [1.29, 1.82) is 0 Å². The zero-order valence-electron chi connectivity index (χ0n) is 13.9. The topological polar surface area (TPSA) is 88.9 Å². The van der Waals surface area contributed by atoms with E-state index in [4.69, 9.17) is 4.42 Å². The quantitative estimate of drug-likeness (QED) is 0.447. The summed E-state index contributed by atoms with van der Waals surface area (Å²) >= 11 is 3.08. The number of tetrazole rings is 1. The van der Waals surface area contributed by atoms with Crippen molar-refractivity contribution in [3.63, 3.8) is 0 Å². The van der Waals surface area contributed by atoms with Crippen LogP contribution in [0.2, 0.25) is 0 Å². The molecule has 0 aliphatic heterocycles. The predicted octanol–water partition coefficient (Wildman–Crippen LogP) is 4.89. The Balaban J connectivity index is 1.47. The zero-order chi connectivity index (χ0) is 19.7. The lowest BCUT2D eigenvalue weighted by molar-refractivity contribution is -0.274. The van der Waals surface area contributed by atoms with Gasteiger partial charge in [0.1, 0.15) is 11.3 Å². The van der Waals surface area contributed by atoms with Gasteiger partial charge in [0.05, 0.1) is 4.47 Å². The van der Waals surface area contributed by atoms with Crippen LogP contribution in [-0.4, -0.2) is 27.0 Å². The Morgan fingerprint density at radius 1 is 1.14 bits per heavy atom. The molecule has 0 aliphatic rings. The van der Waals surface area contributed by atoms with Crippen LogP contribution in [0.1, 0.15) is 5.56 Å². The van der Waals surface area contributed by atoms with Gasteiger partial charge in [-0.25, -0.2) is 0 Å². The first-order chi connectivity index (χ1) is 13.4. The minimum absolute atomic E-state index is 0.199. The number of aromatic nitrogens is 4. The Morgan fingerprint density at radius 3 is 2.71 bits per heavy atom. The first-order valence-electron chi connectivity index (χ1n) is 7.93. The van der Waals surface area contributed by atoms with Crippen LogP contribution < -0.4 is 10.1 Å². The van der Waals surface area contributed by atoms with Gasteiger partial charge in [0, 0.05) is 17.6 Å². The number of halogens is 4. The van der Waals surface area contributed by atoms with E-state index in [1.54, 1.807) is 0 Å². The molecule has 0 saturated carbocycles. The van der Waals surface area contributed by atoms with Gasteiger partial charge in [0.25, 0.3) is 0 Å². The lowest BCUT2D eigenvalue weighted by Gasteiger charge is -2.12. The van der Waals surface area contributed by atoms with Crippen LogP contribution in [0.4, 0.5) is 18.9 Å². The number of benzene rings is 2. The summed E-state index contributed by atoms with van der Waals surface area (Å²) in [7, 11) is 0. The van der Waals surface area contributed by atoms with E-state index in [1.807, 2.05) is 24.3 Å². The van der Waals surface area contributed by atoms with Crippen molar-refractivity contribution >= 4 is 32.6 Å². The van der Waals surface area contributed by atoms with Gasteiger partial charge in [-0.3, -0.25) is 0 Å². The number of H-pyrrole nitrogens is 1. The highest BCUT2D eigenvalue weighted by Gasteiger charge is 2.31. The van der Waals surface area contributed by atoms with Crippen molar-refractivity contribution in [1.82, 2.24) is 20.6 Å². The molecule has 0 unspecified atom stereocenters. The Labute approximate surface area is 164 Å². The largest absolute Gasteiger partial charge is 0.573 e. The monoisotopic (exact) mass is 453 g/mol. The fraction of sp³-hybridized carbons (Fsp3) is 0.118. The highest BCUT2D eigenvalue weighted by atomic mass is 79.9. The normalized spacial score (nSPS) is 11.7. The number of furan rings is 1. The molecule has 0 spiro atoms. The van der Waals surface area contributed by atoms with E-state index >= 15 is 0 Å². The van der Waals surface area contributed by atoms with Crippen molar-refractivity contribution in [2.24, 2.45) is 0 Å². The number of anilines is 1. The molecule has 0 atom stereocenters. The highest BCUT2D eigenvalue weighted by Crippen LogP contribution is 2.33. The molecule has 0 amide bonds. The van der Waals surface area contributed by atoms with E-state index < -0.39 is 6.36 Å². The fourth-order valence-corrected chi connectivity index (χ4v) is 3.06. The molecule has 0 aliphatic carbocycles. The second kappa shape index (κ2) is 7.15. The van der Waals surface area contributed by atoms with Crippen molar-refractivity contribution in [3.05, 3.63) is 52.5 Å². The molecule has 28 heavy (non-hydrogen) atoms. The number of ether oxygens (including phenoxy) is 1. The summed E-state index contributed by atoms with van der Waals surface area (Å²) in [6.07, 6.45) is -4.74. The summed E-state index contributed by atoms with van der Waals surface area (Å²) < 4.78 is 46.8. The van der Waals surface area contributed by atoms with E-state index in [9.17, 15) is 13.2 Å². The fourth-order valence-electron chi connectivity index (χ4n) is 2.60. The number of hydrogen-bond donors (Lipinski definition) is 2. The second-order valence-corrected chi connectivity index (χ2v) is 6.62. The Bertz CT molecular complexity index is 1110. The molecule has 11 heteroatoms. The molecule has 0 fully saturated rings. The third kappa shape index (κ3) is 4.09. The number of aromatic amines is 1. The van der Waals surface area contributed by atoms with Crippen molar-refractivity contribution in [3.8, 4) is 17.3 Å². The Kier molecular flexibility index (Phi) is 4.67. The second-order valence-electron chi connectivity index (χ2n) is 5.76. The molecule has 4 aromatic rings. The molecule has 0 saturated heterocycles. The maximum absolute atomic E-state index is 12.3. The van der Waals surface area contributed by atoms with Gasteiger partial charge < -0.3 is 14.5 Å². The summed E-state index contributed by atoms with van der Waals surface area (Å²) in [6, 6.07) is 11.7. The number of alkyl halides is 3. The molecule has 7 nitrogen and oxygen atoms in total. The molecule has 4 rings (SSSR count). The van der Waals surface area contributed by atoms with Crippen LogP contribution in [0.5, 0.6) is 5.75 Å². The third-order valence-corrected chi connectivity index (χ3v) is 4.42. The Hall–Kier alpha value is -3.08. The van der Waals surface area contributed by atoms with Gasteiger partial charge >= 0.3 is 6.36 Å². The first kappa shape index (κ1) is 18.3. The molecule has 2 aromatic heterocycles. The molecule has 2 heterocycles. The molecular weight excluding hydrogens is 443 g/mol. The molecule has 0 bridgehead atoms. The first-order valence-corrected chi connectivity index (χ1v) is 8.72. The average molecular weight is 454 g/mol. The van der Waals surface area contributed by atoms with E-state index in [0.717, 1.165) is 10.9 Å². The van der Waals surface area contributed by atoms with Crippen molar-refractivity contribution in [2.45, 2.75) is 12.9 Å². The third-order valence-electron chi connectivity index (χ3n) is 3.80. The maximum atomic E-state index is 12.3. The summed E-state index contributed by atoms with van der Waals surface area (Å²) in [5.74, 6) is 0.562. The van der Waals surface area contributed by atoms with E-state index in [-0.39, 0.29) is 10.2 Å². The lowest BCUT2D eigenvalue weighted by atomic mass is 10.1. The number of hydrogen-bond acceptors (Lipinski definition) is 6. The molecule has 144 valence electrons. The predicted molar refractivity (Wildman–Crippen MR) is 97.5 cm³/mol. The Morgan fingerprint density at radius 2 is 2.00 bits per heavy atom. The molecule has 0 radical (unpaired) electrons. The smallest absolute Gasteiger partial charge is 0.453 e. The van der Waals surface area contributed by atoms with Crippen LogP contribution in [0, 0.1) is 0 Å². The lowest BCUT2D eigenvalue weighted by Crippen LogP contribution is -2.17. The average Bonchev–Trinajstić information content (AvgIpc) is 3.29. The van der Waals surface area contributed by atoms with E-state index in [2.05, 4.69) is 46.6 Å². The van der Waals surface area contributed by atoms with E-state index in [0.29, 0.717) is 29.4 Å². The van der Waals surface area contributed by atoms with Crippen LogP contribution in [-0.2, 0) is 6.54 Å². The van der Waals surface area contributed by atoms with Crippen molar-refractivity contribution in [2.75, 3.05) is 5.32 Å². The molecule has 2 N–H and O–H groups in total. The number of fused-ring (bicyclic) bond motifs is 1. The van der Waals surface area contributed by atoms with Crippen LogP contribution >= 0.6 is 15.9 Å². The molecular formula is C17H11BrF3N5O2. The van der Waals surface area contributed by atoms with Gasteiger partial charge in [-0.05, 0) is 63.1 Å². The van der Waals surface area contributed by atoms with Gasteiger partial charge in [0.2, 0.25) is 5.82 Å². The number of nitrogens with zero attached hydrogens (tertiary/aromatic N) is 3. The summed E-state index contributed by atoms with van der Waals surface area (Å²) in [6.45, 7) is 0.463. The minimum Gasteiger partial charge on any atom is -0.453 e. The standard InChI is InChI=1S/C17H11BrF3N5O2/c18-12-7-11(2-4-14(12)28-17(19,20)21)22-8-9-1-3-13-10(5-9)6-15(27-13)16-23-25-26-24-16/h1-7,22H,8H2,(H,23,24,25,26). The SMILES string of the molecule is FC(F)(F)Oc1ccc(NCc2ccc3oc(-c4nn[nH]n4)cc3c2)cc1Br. The highest BCUT2D eigenvalue weighted by molar-refractivity contribution is 9.10. The molecule has 2 aromatic carbocycles. The zero-order valence-corrected chi connectivity index (χ0v) is 15.5. The van der Waals surface area contributed by atoms with Gasteiger partial charge in [-0.15, -0.1) is 23.4 Å². The van der Waals surface area contributed by atoms with Crippen LogP contribution in [0.25, 0.3) is 22.6 Å². The maximum Gasteiger partial charge on any atom is 0.573 e. The number of nitrogens with one attached hydrogen (secondary N) is 2. The van der Waals surface area contributed by atoms with Crippen LogP contribution in [0.15, 0.2) is 51.4 Å². The van der Waals surface area contributed by atoms with Gasteiger partial charge in [-0.1, -0.05) is 6.07 Å². The summed E-state index contributed by atoms with van der Waals surface area (Å²) in [5, 5.41) is 17.7. The van der Waals surface area contributed by atoms with Crippen molar-refractivity contribution < 1.29 is 22.3 Å². The van der Waals surface area contributed by atoms with Crippen LogP contribution in [0.3, 0.4) is 0 Å². The van der Waals surface area contributed by atoms with Gasteiger partial charge in [0.15, 0.2) is 5.76 Å². The summed E-state index contributed by atoms with van der Waals surface area (Å²) in [5.41, 5.74) is 2.28. The van der Waals surface area contributed by atoms with E-state index in [1.165, 1.54) is 18.2 Å². The number of rotatable bonds is 5. The minimum atomic E-state index is -4.74. The van der Waals surface area contributed by atoms with Gasteiger partial charge in [-0.2, -0.15) is 5.21 Å².